The van der Waals surface area contributed by atoms with Crippen molar-refractivity contribution in [2.75, 3.05) is 12.3 Å². The van der Waals surface area contributed by atoms with E-state index in [9.17, 15) is 0 Å². The van der Waals surface area contributed by atoms with Crippen LogP contribution in [0, 0.1) is 22.7 Å². The quantitative estimate of drug-likeness (QED) is 0.895. The van der Waals surface area contributed by atoms with Gasteiger partial charge in [0.25, 0.3) is 5.88 Å². The van der Waals surface area contributed by atoms with Crippen molar-refractivity contribution in [3.63, 3.8) is 0 Å². The van der Waals surface area contributed by atoms with Crippen molar-refractivity contribution >= 4 is 5.82 Å². The molecule has 94 valence electrons. The highest BCUT2D eigenvalue weighted by atomic mass is 16.5. The van der Waals surface area contributed by atoms with E-state index in [2.05, 4.69) is 5.10 Å². The van der Waals surface area contributed by atoms with E-state index < -0.39 is 0 Å². The third-order valence-electron chi connectivity index (χ3n) is 2.50. The van der Waals surface area contributed by atoms with Gasteiger partial charge < -0.3 is 10.5 Å². The highest BCUT2D eigenvalue weighted by Gasteiger charge is 2.17. The van der Waals surface area contributed by atoms with Crippen LogP contribution < -0.4 is 10.5 Å². The molecule has 0 radical (unpaired) electrons. The number of nitrogen functional groups attached to an aromatic ring is 1. The molecule has 0 aliphatic heterocycles. The number of nitrogens with zero attached hydrogens (tertiary/aromatic N) is 4. The van der Waals surface area contributed by atoms with Crippen LogP contribution in [0.5, 0.6) is 5.88 Å². The summed E-state index contributed by atoms with van der Waals surface area (Å²) in [6, 6.07) is 10.8. The number of rotatable bonds is 3. The lowest BCUT2D eigenvalue weighted by molar-refractivity contribution is 0.323. The maximum Gasteiger partial charge on any atom is 0.253 e. The fraction of sp³-hybridized carbons (Fsp3) is 0.154. The van der Waals surface area contributed by atoms with Gasteiger partial charge in [0.05, 0.1) is 23.9 Å². The van der Waals surface area contributed by atoms with E-state index in [1.165, 1.54) is 4.68 Å². The van der Waals surface area contributed by atoms with Crippen molar-refractivity contribution in [1.29, 1.82) is 10.5 Å². The van der Waals surface area contributed by atoms with Gasteiger partial charge in [-0.15, -0.1) is 5.10 Å². The van der Waals surface area contributed by atoms with Crippen LogP contribution in [0.25, 0.3) is 5.69 Å². The standard InChI is InChI=1S/C13H11N5O/c1-2-19-13-11(8-15)12(16)18(17-13)10-5-3-4-9(6-10)7-14/h3-6H,2,16H2,1H3. The topological polar surface area (TPSA) is 101 Å². The van der Waals surface area contributed by atoms with Crippen molar-refractivity contribution in [3.05, 3.63) is 35.4 Å². The van der Waals surface area contributed by atoms with Crippen molar-refractivity contribution in [2.45, 2.75) is 6.92 Å². The summed E-state index contributed by atoms with van der Waals surface area (Å²) in [4.78, 5) is 0. The van der Waals surface area contributed by atoms with Crippen LogP contribution in [0.15, 0.2) is 24.3 Å². The van der Waals surface area contributed by atoms with Crippen LogP contribution in [0.4, 0.5) is 5.82 Å². The first kappa shape index (κ1) is 12.5. The molecule has 0 spiro atoms. The molecule has 6 heteroatoms. The molecule has 2 rings (SSSR count). The number of aromatic nitrogens is 2. The molecule has 0 fully saturated rings. The number of anilines is 1. The molecule has 0 amide bonds. The minimum Gasteiger partial charge on any atom is -0.476 e. The lowest BCUT2D eigenvalue weighted by Gasteiger charge is -2.03. The summed E-state index contributed by atoms with van der Waals surface area (Å²) in [5.74, 6) is 0.394. The van der Waals surface area contributed by atoms with E-state index in [-0.39, 0.29) is 17.3 Å². The van der Waals surface area contributed by atoms with Gasteiger partial charge in [0, 0.05) is 0 Å². The van der Waals surface area contributed by atoms with Gasteiger partial charge >= 0.3 is 0 Å². The summed E-state index contributed by atoms with van der Waals surface area (Å²) < 4.78 is 6.66. The summed E-state index contributed by atoms with van der Waals surface area (Å²) in [5, 5.41) is 22.1. The first-order valence-electron chi connectivity index (χ1n) is 5.63. The third-order valence-corrected chi connectivity index (χ3v) is 2.50. The molecule has 2 aromatic rings. The second kappa shape index (κ2) is 5.11. The molecule has 0 saturated heterocycles. The Labute approximate surface area is 110 Å². The normalized spacial score (nSPS) is 9.63. The van der Waals surface area contributed by atoms with Gasteiger partial charge in [-0.1, -0.05) is 6.07 Å². The van der Waals surface area contributed by atoms with E-state index >= 15 is 0 Å². The number of hydrogen-bond acceptors (Lipinski definition) is 5. The molecule has 2 N–H and O–H groups in total. The molecular weight excluding hydrogens is 242 g/mol. The lowest BCUT2D eigenvalue weighted by atomic mass is 10.2. The van der Waals surface area contributed by atoms with E-state index in [0.29, 0.717) is 17.9 Å². The van der Waals surface area contributed by atoms with Crippen LogP contribution in [0.3, 0.4) is 0 Å². The Balaban J connectivity index is 2.57. The van der Waals surface area contributed by atoms with Gasteiger partial charge in [0.15, 0.2) is 5.56 Å². The first-order chi connectivity index (χ1) is 9.21. The zero-order valence-corrected chi connectivity index (χ0v) is 10.3. The van der Waals surface area contributed by atoms with Gasteiger partial charge in [-0.3, -0.25) is 0 Å². The minimum atomic E-state index is 0.195. The Kier molecular flexibility index (Phi) is 3.35. The second-order valence-corrected chi connectivity index (χ2v) is 3.68. The van der Waals surface area contributed by atoms with Crippen molar-refractivity contribution in [3.8, 4) is 23.7 Å². The monoisotopic (exact) mass is 253 g/mol. The van der Waals surface area contributed by atoms with E-state index in [4.69, 9.17) is 21.0 Å². The number of nitrogens with two attached hydrogens (primary N) is 1. The molecule has 1 aromatic heterocycles. The van der Waals surface area contributed by atoms with Gasteiger partial charge in [0.1, 0.15) is 11.9 Å². The van der Waals surface area contributed by atoms with Crippen LogP contribution in [-0.4, -0.2) is 16.4 Å². The SMILES string of the molecule is CCOc1nn(-c2cccc(C#N)c2)c(N)c1C#N. The maximum atomic E-state index is 9.07. The maximum absolute atomic E-state index is 9.07. The number of benzene rings is 1. The summed E-state index contributed by atoms with van der Waals surface area (Å²) in [6.45, 7) is 2.19. The number of ether oxygens (including phenoxy) is 1. The smallest absolute Gasteiger partial charge is 0.253 e. The predicted octanol–water partition coefficient (Wildman–Crippen LogP) is 1.60. The Morgan fingerprint density at radius 1 is 1.37 bits per heavy atom. The van der Waals surface area contributed by atoms with E-state index in [1.54, 1.807) is 31.2 Å². The number of nitriles is 2. The van der Waals surface area contributed by atoms with Crippen LogP contribution in [0.2, 0.25) is 0 Å². The molecule has 19 heavy (non-hydrogen) atoms. The van der Waals surface area contributed by atoms with Gasteiger partial charge in [-0.05, 0) is 25.1 Å². The van der Waals surface area contributed by atoms with Crippen molar-refractivity contribution in [1.82, 2.24) is 9.78 Å². The molecule has 1 heterocycles. The molecule has 0 unspecified atom stereocenters. The molecule has 0 saturated carbocycles. The molecule has 0 aliphatic rings. The fourth-order valence-electron chi connectivity index (χ4n) is 1.66. The first-order valence-corrected chi connectivity index (χ1v) is 5.63. The second-order valence-electron chi connectivity index (χ2n) is 3.68. The Hall–Kier alpha value is -2.99. The number of hydrogen-bond donors (Lipinski definition) is 1. The summed E-state index contributed by atoms with van der Waals surface area (Å²) >= 11 is 0. The molecular formula is C13H11N5O. The van der Waals surface area contributed by atoms with Gasteiger partial charge in [-0.25, -0.2) is 4.68 Å². The zero-order valence-electron chi connectivity index (χ0n) is 10.3. The Morgan fingerprint density at radius 2 is 2.16 bits per heavy atom. The van der Waals surface area contributed by atoms with Crippen molar-refractivity contribution in [2.24, 2.45) is 0 Å². The van der Waals surface area contributed by atoms with Crippen LogP contribution >= 0.6 is 0 Å². The predicted molar refractivity (Wildman–Crippen MR) is 68.6 cm³/mol. The minimum absolute atomic E-state index is 0.195. The average Bonchev–Trinajstić information content (AvgIpc) is 2.75. The summed E-state index contributed by atoms with van der Waals surface area (Å²) in [6.07, 6.45) is 0. The lowest BCUT2D eigenvalue weighted by Crippen LogP contribution is -2.02. The zero-order chi connectivity index (χ0) is 13.8. The van der Waals surface area contributed by atoms with Gasteiger partial charge in [-0.2, -0.15) is 10.5 Å². The Bertz CT molecular complexity index is 690. The molecule has 1 aromatic carbocycles. The van der Waals surface area contributed by atoms with E-state index in [0.717, 1.165) is 0 Å². The Morgan fingerprint density at radius 3 is 2.79 bits per heavy atom. The summed E-state index contributed by atoms with van der Waals surface area (Å²) in [7, 11) is 0. The van der Waals surface area contributed by atoms with Gasteiger partial charge in [0.2, 0.25) is 0 Å². The van der Waals surface area contributed by atoms with Crippen molar-refractivity contribution < 1.29 is 4.74 Å². The highest BCUT2D eigenvalue weighted by molar-refractivity contribution is 5.59. The fourth-order valence-corrected chi connectivity index (χ4v) is 1.66. The summed E-state index contributed by atoms with van der Waals surface area (Å²) in [5.41, 5.74) is 7.18. The average molecular weight is 253 g/mol. The molecule has 6 nitrogen and oxygen atoms in total. The van der Waals surface area contributed by atoms with E-state index in [1.807, 2.05) is 12.1 Å². The highest BCUT2D eigenvalue weighted by Crippen LogP contribution is 2.26. The largest absolute Gasteiger partial charge is 0.476 e. The molecule has 0 aliphatic carbocycles. The third kappa shape index (κ3) is 2.20. The molecule has 0 bridgehead atoms. The van der Waals surface area contributed by atoms with Crippen LogP contribution in [0.1, 0.15) is 18.1 Å². The molecule has 0 atom stereocenters. The van der Waals surface area contributed by atoms with Crippen LogP contribution in [-0.2, 0) is 0 Å².